The molecule has 1 aliphatic carbocycles. The van der Waals surface area contributed by atoms with Gasteiger partial charge in [0.1, 0.15) is 11.9 Å². The predicted molar refractivity (Wildman–Crippen MR) is 105 cm³/mol. The van der Waals surface area contributed by atoms with Crippen LogP contribution in [0.15, 0.2) is 28.9 Å². The van der Waals surface area contributed by atoms with E-state index in [2.05, 4.69) is 32.5 Å². The monoisotopic (exact) mass is 431 g/mol. The number of fused-ring (bicyclic) bond motifs is 2. The van der Waals surface area contributed by atoms with Crippen molar-refractivity contribution in [3.8, 4) is 5.69 Å². The van der Waals surface area contributed by atoms with Gasteiger partial charge in [-0.15, -0.1) is 15.3 Å². The van der Waals surface area contributed by atoms with Gasteiger partial charge in [0, 0.05) is 25.1 Å². The highest BCUT2D eigenvalue weighted by Gasteiger charge is 2.62. The third kappa shape index (κ3) is 2.94. The van der Waals surface area contributed by atoms with Crippen LogP contribution in [0, 0.1) is 18.9 Å². The second-order valence-electron chi connectivity index (χ2n) is 7.99. The standard InChI is InChI=1S/C19H19ClFN7O2/c1-10-5-13-8-19(7-10,16-25-24-11(2)30-16)28(13)18(29)23-12-3-4-14(20)15(6-12)27-9-22-17(21)26-27/h3-4,6,9-10,13H,5,7-8H2,1-2H3,(H,23,29)/t10-,13-,19+/m0/s1. The quantitative estimate of drug-likeness (QED) is 0.678. The second-order valence-corrected chi connectivity index (χ2v) is 8.39. The maximum absolute atomic E-state index is 13.2. The first kappa shape index (κ1) is 19.0. The Bertz CT molecular complexity index is 1130. The minimum Gasteiger partial charge on any atom is -0.423 e. The highest BCUT2D eigenvalue weighted by atomic mass is 35.5. The topological polar surface area (TPSA) is 102 Å². The lowest BCUT2D eigenvalue weighted by molar-refractivity contribution is -0.110. The molecule has 2 bridgehead atoms. The van der Waals surface area contributed by atoms with E-state index < -0.39 is 11.6 Å². The molecule has 1 N–H and O–H groups in total. The minimum atomic E-state index is -0.861. The van der Waals surface area contributed by atoms with Gasteiger partial charge in [0.05, 0.1) is 10.7 Å². The van der Waals surface area contributed by atoms with E-state index in [1.165, 1.54) is 11.0 Å². The molecule has 1 aliphatic heterocycles. The van der Waals surface area contributed by atoms with E-state index >= 15 is 0 Å². The van der Waals surface area contributed by atoms with Gasteiger partial charge in [-0.3, -0.25) is 0 Å². The highest BCUT2D eigenvalue weighted by molar-refractivity contribution is 6.32. The van der Waals surface area contributed by atoms with Crippen LogP contribution in [0.1, 0.15) is 38.0 Å². The maximum Gasteiger partial charge on any atom is 0.327 e. The van der Waals surface area contributed by atoms with Gasteiger partial charge >= 0.3 is 12.1 Å². The number of benzene rings is 1. The molecule has 156 valence electrons. The number of hydrogen-bond donors (Lipinski definition) is 1. The Hall–Kier alpha value is -3.01. The van der Waals surface area contributed by atoms with Gasteiger partial charge in [0.25, 0.3) is 0 Å². The number of hydrogen-bond acceptors (Lipinski definition) is 6. The third-order valence-electron chi connectivity index (χ3n) is 5.81. The van der Waals surface area contributed by atoms with Crippen LogP contribution < -0.4 is 5.32 Å². The smallest absolute Gasteiger partial charge is 0.327 e. The predicted octanol–water partition coefficient (Wildman–Crippen LogP) is 3.68. The van der Waals surface area contributed by atoms with Crippen molar-refractivity contribution in [3.63, 3.8) is 0 Å². The molecule has 30 heavy (non-hydrogen) atoms. The Balaban J connectivity index is 1.43. The van der Waals surface area contributed by atoms with Crippen LogP contribution in [0.2, 0.25) is 5.02 Å². The van der Waals surface area contributed by atoms with Crippen molar-refractivity contribution in [1.82, 2.24) is 29.9 Å². The molecular weight excluding hydrogens is 413 g/mol. The molecule has 2 fully saturated rings. The van der Waals surface area contributed by atoms with Crippen molar-refractivity contribution in [3.05, 3.63) is 47.4 Å². The molecule has 9 nitrogen and oxygen atoms in total. The molecule has 1 saturated heterocycles. The lowest BCUT2D eigenvalue weighted by atomic mass is 9.64. The van der Waals surface area contributed by atoms with E-state index in [0.29, 0.717) is 34.1 Å². The third-order valence-corrected chi connectivity index (χ3v) is 6.13. The molecular formula is C19H19ClFN7O2. The Morgan fingerprint density at radius 3 is 2.90 bits per heavy atom. The number of amides is 2. The fourth-order valence-electron chi connectivity index (χ4n) is 4.74. The zero-order valence-corrected chi connectivity index (χ0v) is 17.1. The van der Waals surface area contributed by atoms with Crippen molar-refractivity contribution < 1.29 is 13.6 Å². The van der Waals surface area contributed by atoms with Gasteiger partial charge in [0.15, 0.2) is 0 Å². The summed E-state index contributed by atoms with van der Waals surface area (Å²) in [4.78, 5) is 18.5. The van der Waals surface area contributed by atoms with Crippen molar-refractivity contribution in [1.29, 1.82) is 0 Å². The van der Waals surface area contributed by atoms with E-state index in [9.17, 15) is 9.18 Å². The van der Waals surface area contributed by atoms with E-state index in [4.69, 9.17) is 16.0 Å². The van der Waals surface area contributed by atoms with Crippen LogP contribution >= 0.6 is 11.6 Å². The highest BCUT2D eigenvalue weighted by Crippen LogP contribution is 2.55. The van der Waals surface area contributed by atoms with E-state index in [1.807, 2.05) is 4.90 Å². The van der Waals surface area contributed by atoms with Gasteiger partial charge in [-0.25, -0.2) is 9.48 Å². The number of rotatable bonds is 3. The summed E-state index contributed by atoms with van der Waals surface area (Å²) in [6, 6.07) is 4.76. The first-order chi connectivity index (χ1) is 14.4. The molecule has 3 heterocycles. The van der Waals surface area contributed by atoms with E-state index in [1.54, 1.807) is 25.1 Å². The van der Waals surface area contributed by atoms with Crippen LogP contribution in [-0.4, -0.2) is 41.9 Å². The average molecular weight is 432 g/mol. The van der Waals surface area contributed by atoms with Crippen molar-refractivity contribution in [2.24, 2.45) is 5.92 Å². The number of carbonyl (C=O) groups excluding carboxylic acids is 1. The van der Waals surface area contributed by atoms with Crippen LogP contribution in [0.3, 0.4) is 0 Å². The largest absolute Gasteiger partial charge is 0.423 e. The first-order valence-electron chi connectivity index (χ1n) is 9.64. The molecule has 1 aromatic carbocycles. The molecule has 0 radical (unpaired) electrons. The molecule has 3 atom stereocenters. The van der Waals surface area contributed by atoms with E-state index in [-0.39, 0.29) is 12.1 Å². The number of urea groups is 1. The number of aryl methyl sites for hydroxylation is 1. The van der Waals surface area contributed by atoms with Gasteiger partial charge in [-0.05, 0) is 37.0 Å². The van der Waals surface area contributed by atoms with Gasteiger partial charge in [0.2, 0.25) is 11.8 Å². The molecule has 0 unspecified atom stereocenters. The summed E-state index contributed by atoms with van der Waals surface area (Å²) in [6.07, 6.45) is 2.85. The minimum absolute atomic E-state index is 0.108. The number of halogens is 2. The molecule has 11 heteroatoms. The van der Waals surface area contributed by atoms with Gasteiger partial charge in [-0.1, -0.05) is 18.5 Å². The molecule has 5 rings (SSSR count). The van der Waals surface area contributed by atoms with Crippen LogP contribution in [0.4, 0.5) is 14.9 Å². The van der Waals surface area contributed by atoms with Crippen LogP contribution in [-0.2, 0) is 5.54 Å². The zero-order chi connectivity index (χ0) is 21.0. The van der Waals surface area contributed by atoms with Crippen molar-refractivity contribution >= 4 is 23.3 Å². The fourth-order valence-corrected chi connectivity index (χ4v) is 4.95. The van der Waals surface area contributed by atoms with Crippen LogP contribution in [0.25, 0.3) is 5.69 Å². The fraction of sp³-hybridized carbons (Fsp3) is 0.421. The lowest BCUT2D eigenvalue weighted by Crippen LogP contribution is -2.70. The zero-order valence-electron chi connectivity index (χ0n) is 16.3. The second kappa shape index (κ2) is 6.76. The Labute approximate surface area is 176 Å². The Kier molecular flexibility index (Phi) is 4.28. The number of nitrogens with zero attached hydrogens (tertiary/aromatic N) is 6. The number of carbonyl (C=O) groups is 1. The summed E-state index contributed by atoms with van der Waals surface area (Å²) in [6.45, 7) is 3.91. The molecule has 1 saturated carbocycles. The summed E-state index contributed by atoms with van der Waals surface area (Å²) in [5, 5.41) is 15.1. The normalized spacial score (nSPS) is 25.1. The van der Waals surface area contributed by atoms with Gasteiger partial charge in [-0.2, -0.15) is 9.37 Å². The summed E-state index contributed by atoms with van der Waals surface area (Å²) < 4.78 is 20.1. The summed E-state index contributed by atoms with van der Waals surface area (Å²) in [7, 11) is 0. The molecule has 2 aliphatic rings. The van der Waals surface area contributed by atoms with Crippen LogP contribution in [0.5, 0.6) is 0 Å². The summed E-state index contributed by atoms with van der Waals surface area (Å²) in [5.74, 6) is 1.40. The number of likely N-dealkylation sites (tertiary alicyclic amines) is 1. The van der Waals surface area contributed by atoms with Crippen molar-refractivity contribution in [2.75, 3.05) is 5.32 Å². The molecule has 2 amide bonds. The lowest BCUT2D eigenvalue weighted by Gasteiger charge is -2.61. The van der Waals surface area contributed by atoms with E-state index in [0.717, 1.165) is 19.3 Å². The Morgan fingerprint density at radius 1 is 1.37 bits per heavy atom. The average Bonchev–Trinajstić information content (AvgIpc) is 3.31. The van der Waals surface area contributed by atoms with Gasteiger partial charge < -0.3 is 14.6 Å². The molecule has 2 aromatic heterocycles. The first-order valence-corrected chi connectivity index (χ1v) is 10.0. The number of anilines is 1. The molecule has 0 spiro atoms. The molecule has 3 aromatic rings. The number of nitrogens with one attached hydrogen (secondary N) is 1. The Morgan fingerprint density at radius 2 is 2.20 bits per heavy atom. The van der Waals surface area contributed by atoms with Crippen molar-refractivity contribution in [2.45, 2.75) is 44.7 Å². The summed E-state index contributed by atoms with van der Waals surface area (Å²) in [5.41, 5.74) is 0.327. The summed E-state index contributed by atoms with van der Waals surface area (Å²) >= 11 is 6.21. The maximum atomic E-state index is 13.2. The number of aromatic nitrogens is 5. The SMILES string of the molecule is Cc1nnc([C@@]23C[C@@H](C)C[C@@H](C2)N3C(=O)Nc2ccc(Cl)c(-n3cnc(F)n3)c2)o1. The number of piperidine rings is 1.